The Morgan fingerprint density at radius 1 is 1.33 bits per heavy atom. The first-order valence-electron chi connectivity index (χ1n) is 9.86. The molecule has 1 atom stereocenters. The number of hydrogen-bond acceptors (Lipinski definition) is 3. The van der Waals surface area contributed by atoms with Crippen LogP contribution >= 0.6 is 11.8 Å². The minimum atomic E-state index is 0.595. The Hall–Kier alpha value is -1.95. The zero-order valence-corrected chi connectivity index (χ0v) is 17.5. The van der Waals surface area contributed by atoms with Gasteiger partial charge < -0.3 is 14.8 Å². The number of nitrogens with zero attached hydrogens (tertiary/aromatic N) is 4. The van der Waals surface area contributed by atoms with Crippen LogP contribution in [0.3, 0.4) is 0 Å². The highest BCUT2D eigenvalue weighted by Gasteiger charge is 2.24. The highest BCUT2D eigenvalue weighted by molar-refractivity contribution is 8.00. The van der Waals surface area contributed by atoms with Crippen LogP contribution in [0.25, 0.3) is 0 Å². The van der Waals surface area contributed by atoms with E-state index >= 15 is 0 Å². The summed E-state index contributed by atoms with van der Waals surface area (Å²) in [6, 6.07) is 10.5. The lowest BCUT2D eigenvalue weighted by Crippen LogP contribution is -2.49. The Morgan fingerprint density at radius 3 is 2.89 bits per heavy atom. The Labute approximate surface area is 167 Å². The first-order valence-corrected chi connectivity index (χ1v) is 10.9. The smallest absolute Gasteiger partial charge is 0.194 e. The van der Waals surface area contributed by atoms with Crippen molar-refractivity contribution in [2.45, 2.75) is 39.1 Å². The summed E-state index contributed by atoms with van der Waals surface area (Å²) >= 11 is 2.09. The molecule has 1 saturated heterocycles. The average Bonchev–Trinajstić information content (AvgIpc) is 3.13. The van der Waals surface area contributed by atoms with Crippen molar-refractivity contribution in [2.75, 3.05) is 25.4 Å². The first-order chi connectivity index (χ1) is 13.2. The standard InChI is InChI=1S/C21H31N5S/c1-4-22-21(26-12-13-27-19(16-26)17(2)3)24-14-20-23-10-11-25(20)15-18-8-6-5-7-9-18/h5-11,17,19H,4,12-16H2,1-3H3,(H,22,24). The summed E-state index contributed by atoms with van der Waals surface area (Å²) < 4.78 is 2.19. The summed E-state index contributed by atoms with van der Waals surface area (Å²) in [6.07, 6.45) is 3.91. The molecule has 1 N–H and O–H groups in total. The normalized spacial score (nSPS) is 18.1. The number of benzene rings is 1. The van der Waals surface area contributed by atoms with E-state index in [0.717, 1.165) is 43.7 Å². The van der Waals surface area contributed by atoms with Crippen molar-refractivity contribution < 1.29 is 0 Å². The highest BCUT2D eigenvalue weighted by atomic mass is 32.2. The van der Waals surface area contributed by atoms with Gasteiger partial charge in [-0.15, -0.1) is 0 Å². The number of nitrogens with one attached hydrogen (secondary N) is 1. The molecule has 1 aliphatic rings. The fourth-order valence-corrected chi connectivity index (χ4v) is 4.56. The molecular weight excluding hydrogens is 354 g/mol. The Balaban J connectivity index is 1.69. The van der Waals surface area contributed by atoms with Gasteiger partial charge in [-0.2, -0.15) is 11.8 Å². The average molecular weight is 386 g/mol. The van der Waals surface area contributed by atoms with Crippen LogP contribution in [0.5, 0.6) is 0 Å². The molecular formula is C21H31N5S. The zero-order chi connectivity index (χ0) is 19.1. The van der Waals surface area contributed by atoms with Gasteiger partial charge >= 0.3 is 0 Å². The fourth-order valence-electron chi connectivity index (χ4n) is 3.26. The van der Waals surface area contributed by atoms with E-state index in [0.29, 0.717) is 17.7 Å². The van der Waals surface area contributed by atoms with Crippen molar-refractivity contribution in [3.8, 4) is 0 Å². The van der Waals surface area contributed by atoms with Gasteiger partial charge in [0.1, 0.15) is 12.4 Å². The number of hydrogen-bond donors (Lipinski definition) is 1. The molecule has 1 aromatic heterocycles. The molecule has 1 aliphatic heterocycles. The van der Waals surface area contributed by atoms with Gasteiger partial charge in [0.2, 0.25) is 0 Å². The van der Waals surface area contributed by atoms with Gasteiger partial charge in [-0.25, -0.2) is 9.98 Å². The molecule has 3 rings (SSSR count). The van der Waals surface area contributed by atoms with Crippen LogP contribution in [-0.2, 0) is 13.1 Å². The third kappa shape index (κ3) is 5.51. The van der Waals surface area contributed by atoms with E-state index in [1.54, 1.807) is 0 Å². The van der Waals surface area contributed by atoms with E-state index in [1.165, 1.54) is 5.56 Å². The third-order valence-electron chi connectivity index (χ3n) is 4.84. The van der Waals surface area contributed by atoms with Crippen molar-refractivity contribution in [3.05, 3.63) is 54.1 Å². The number of aromatic nitrogens is 2. The van der Waals surface area contributed by atoms with Crippen LogP contribution in [0.2, 0.25) is 0 Å². The zero-order valence-electron chi connectivity index (χ0n) is 16.6. The molecule has 1 aromatic carbocycles. The van der Waals surface area contributed by atoms with Crippen LogP contribution in [0.4, 0.5) is 0 Å². The Bertz CT molecular complexity index is 725. The van der Waals surface area contributed by atoms with Gasteiger partial charge in [-0.3, -0.25) is 0 Å². The molecule has 27 heavy (non-hydrogen) atoms. The Kier molecular flexibility index (Phi) is 7.21. The summed E-state index contributed by atoms with van der Waals surface area (Å²) in [6.45, 7) is 11.2. The predicted octanol–water partition coefficient (Wildman–Crippen LogP) is 3.47. The molecule has 2 aromatic rings. The van der Waals surface area contributed by atoms with E-state index in [4.69, 9.17) is 4.99 Å². The second-order valence-electron chi connectivity index (χ2n) is 7.23. The van der Waals surface area contributed by atoms with E-state index in [9.17, 15) is 0 Å². The molecule has 1 fully saturated rings. The summed E-state index contributed by atoms with van der Waals surface area (Å²) in [5.41, 5.74) is 1.28. The van der Waals surface area contributed by atoms with Crippen LogP contribution < -0.4 is 5.32 Å². The van der Waals surface area contributed by atoms with E-state index in [-0.39, 0.29) is 0 Å². The number of thioether (sulfide) groups is 1. The maximum absolute atomic E-state index is 4.91. The maximum atomic E-state index is 4.91. The quantitative estimate of drug-likeness (QED) is 0.611. The molecule has 0 saturated carbocycles. The second kappa shape index (κ2) is 9.83. The summed E-state index contributed by atoms with van der Waals surface area (Å²) in [5.74, 6) is 3.86. The monoisotopic (exact) mass is 385 g/mol. The lowest BCUT2D eigenvalue weighted by atomic mass is 10.1. The number of guanidine groups is 1. The first kappa shape index (κ1) is 19.8. The van der Waals surface area contributed by atoms with Gasteiger partial charge in [-0.05, 0) is 18.4 Å². The van der Waals surface area contributed by atoms with Crippen molar-refractivity contribution in [2.24, 2.45) is 10.9 Å². The molecule has 6 heteroatoms. The van der Waals surface area contributed by atoms with E-state index in [1.807, 2.05) is 18.5 Å². The molecule has 146 valence electrons. The largest absolute Gasteiger partial charge is 0.357 e. The molecule has 1 unspecified atom stereocenters. The van der Waals surface area contributed by atoms with Gasteiger partial charge in [0.25, 0.3) is 0 Å². The topological polar surface area (TPSA) is 45.5 Å². The number of imidazole rings is 1. The third-order valence-corrected chi connectivity index (χ3v) is 6.38. The SMILES string of the molecule is CCNC(=NCc1nccn1Cc1ccccc1)N1CCSC(C(C)C)C1. The summed E-state index contributed by atoms with van der Waals surface area (Å²) in [5, 5.41) is 4.14. The van der Waals surface area contributed by atoms with Gasteiger partial charge in [-0.1, -0.05) is 44.2 Å². The van der Waals surface area contributed by atoms with Crippen molar-refractivity contribution in [1.82, 2.24) is 19.8 Å². The fraction of sp³-hybridized carbons (Fsp3) is 0.524. The molecule has 0 amide bonds. The van der Waals surface area contributed by atoms with Crippen molar-refractivity contribution in [3.63, 3.8) is 0 Å². The van der Waals surface area contributed by atoms with Crippen LogP contribution in [0.1, 0.15) is 32.2 Å². The minimum Gasteiger partial charge on any atom is -0.357 e. The second-order valence-corrected chi connectivity index (χ2v) is 8.57. The van der Waals surface area contributed by atoms with Gasteiger partial charge in [0, 0.05) is 49.6 Å². The molecule has 2 heterocycles. The lowest BCUT2D eigenvalue weighted by Gasteiger charge is -2.36. The summed E-state index contributed by atoms with van der Waals surface area (Å²) in [7, 11) is 0. The van der Waals surface area contributed by atoms with Crippen molar-refractivity contribution >= 4 is 17.7 Å². The van der Waals surface area contributed by atoms with Crippen LogP contribution in [0.15, 0.2) is 47.7 Å². The number of rotatable bonds is 6. The predicted molar refractivity (Wildman–Crippen MR) is 115 cm³/mol. The summed E-state index contributed by atoms with van der Waals surface area (Å²) in [4.78, 5) is 11.9. The number of aliphatic imine (C=N–C) groups is 1. The molecule has 0 aliphatic carbocycles. The van der Waals surface area contributed by atoms with E-state index < -0.39 is 0 Å². The van der Waals surface area contributed by atoms with Gasteiger partial charge in [0.05, 0.1) is 0 Å². The maximum Gasteiger partial charge on any atom is 0.194 e. The molecule has 0 spiro atoms. The van der Waals surface area contributed by atoms with E-state index in [2.05, 4.69) is 76.6 Å². The Morgan fingerprint density at radius 2 is 2.15 bits per heavy atom. The van der Waals surface area contributed by atoms with Crippen molar-refractivity contribution in [1.29, 1.82) is 0 Å². The molecule has 0 radical (unpaired) electrons. The van der Waals surface area contributed by atoms with Crippen LogP contribution in [-0.4, -0.2) is 51.0 Å². The van der Waals surface area contributed by atoms with Crippen LogP contribution in [0, 0.1) is 5.92 Å². The van der Waals surface area contributed by atoms with Gasteiger partial charge in [0.15, 0.2) is 5.96 Å². The molecule has 5 nitrogen and oxygen atoms in total. The highest BCUT2D eigenvalue weighted by Crippen LogP contribution is 2.25. The molecule has 0 bridgehead atoms. The lowest BCUT2D eigenvalue weighted by molar-refractivity contribution is 0.380. The minimum absolute atomic E-state index is 0.595.